The van der Waals surface area contributed by atoms with Crippen LogP contribution >= 0.6 is 22.9 Å². The Morgan fingerprint density at radius 2 is 2.06 bits per heavy atom. The Bertz CT molecular complexity index is 475. The van der Waals surface area contributed by atoms with Crippen molar-refractivity contribution in [2.75, 3.05) is 5.32 Å². The molecule has 86 valence electrons. The van der Waals surface area contributed by atoms with Gasteiger partial charge in [-0.3, -0.25) is 0 Å². The lowest BCUT2D eigenvalue weighted by Crippen LogP contribution is -2.00. The summed E-state index contributed by atoms with van der Waals surface area (Å²) in [6.07, 6.45) is 0.882. The summed E-state index contributed by atoms with van der Waals surface area (Å²) in [5.74, 6) is 0.902. The van der Waals surface area contributed by atoms with Crippen molar-refractivity contribution in [3.05, 3.63) is 21.4 Å². The third kappa shape index (κ3) is 2.56. The molecule has 0 amide bonds. The summed E-state index contributed by atoms with van der Waals surface area (Å²) >= 11 is 3.14. The van der Waals surface area contributed by atoms with Gasteiger partial charge in [-0.1, -0.05) is 6.92 Å². The second-order valence-corrected chi connectivity index (χ2v) is 5.62. The Kier molecular flexibility index (Phi) is 3.50. The zero-order valence-corrected chi connectivity index (χ0v) is 11.2. The predicted octanol–water partition coefficient (Wildman–Crippen LogP) is 2.79. The molecule has 6 heteroatoms. The quantitative estimate of drug-likeness (QED) is 0.911. The highest BCUT2D eigenvalue weighted by Crippen LogP contribution is 2.18. The molecule has 0 aliphatic heterocycles. The molecule has 0 fully saturated rings. The van der Waals surface area contributed by atoms with Crippen LogP contribution in [0.5, 0.6) is 0 Å². The van der Waals surface area contributed by atoms with Gasteiger partial charge >= 0.3 is 0 Å². The molecule has 0 spiro atoms. The van der Waals surface area contributed by atoms with Crippen molar-refractivity contribution < 1.29 is 0 Å². The van der Waals surface area contributed by atoms with Crippen molar-refractivity contribution in [3.63, 3.8) is 0 Å². The summed E-state index contributed by atoms with van der Waals surface area (Å²) in [4.78, 5) is 10.1. The van der Waals surface area contributed by atoms with Crippen LogP contribution in [0, 0.1) is 13.8 Å². The van der Waals surface area contributed by atoms with Gasteiger partial charge in [-0.25, -0.2) is 9.97 Å². The van der Waals surface area contributed by atoms with E-state index in [2.05, 4.69) is 33.5 Å². The first-order valence-electron chi connectivity index (χ1n) is 5.18. The first-order valence-corrected chi connectivity index (χ1v) is 6.77. The lowest BCUT2D eigenvalue weighted by Gasteiger charge is -1.99. The van der Waals surface area contributed by atoms with E-state index in [1.54, 1.807) is 11.3 Å². The van der Waals surface area contributed by atoms with Crippen LogP contribution in [-0.2, 0) is 13.0 Å². The summed E-state index contributed by atoms with van der Waals surface area (Å²) in [7, 11) is 0. The molecule has 2 rings (SSSR count). The molecule has 0 aromatic carbocycles. The first kappa shape index (κ1) is 11.5. The van der Waals surface area contributed by atoms with Crippen molar-refractivity contribution in [1.82, 2.24) is 14.3 Å². The van der Waals surface area contributed by atoms with Crippen molar-refractivity contribution in [1.29, 1.82) is 0 Å². The van der Waals surface area contributed by atoms with Crippen LogP contribution in [0.1, 0.15) is 28.3 Å². The maximum absolute atomic E-state index is 4.46. The molecule has 2 aromatic heterocycles. The fourth-order valence-corrected chi connectivity index (χ4v) is 2.84. The monoisotopic (exact) mass is 254 g/mol. The molecular formula is C10H14N4S2. The lowest BCUT2D eigenvalue weighted by atomic mass is 10.4. The molecule has 0 unspecified atom stereocenters. The maximum atomic E-state index is 4.46. The molecule has 0 bridgehead atoms. The van der Waals surface area contributed by atoms with E-state index < -0.39 is 0 Å². The van der Waals surface area contributed by atoms with Crippen molar-refractivity contribution in [2.45, 2.75) is 33.7 Å². The van der Waals surface area contributed by atoms with Gasteiger partial charge in [0.25, 0.3) is 0 Å². The average molecular weight is 254 g/mol. The molecule has 0 radical (unpaired) electrons. The molecule has 0 atom stereocenters. The van der Waals surface area contributed by atoms with Crippen molar-refractivity contribution in [3.8, 4) is 0 Å². The van der Waals surface area contributed by atoms with Crippen LogP contribution in [0.15, 0.2) is 0 Å². The van der Waals surface area contributed by atoms with E-state index in [1.165, 1.54) is 16.4 Å². The number of rotatable bonds is 4. The van der Waals surface area contributed by atoms with E-state index in [-0.39, 0.29) is 0 Å². The van der Waals surface area contributed by atoms with Gasteiger partial charge < -0.3 is 5.32 Å². The van der Waals surface area contributed by atoms with Gasteiger partial charge in [0.2, 0.25) is 5.13 Å². The first-order chi connectivity index (χ1) is 7.69. The maximum Gasteiger partial charge on any atom is 0.202 e. The smallest absolute Gasteiger partial charge is 0.202 e. The number of anilines is 1. The predicted molar refractivity (Wildman–Crippen MR) is 68.2 cm³/mol. The van der Waals surface area contributed by atoms with Gasteiger partial charge in [-0.05, 0) is 13.8 Å². The van der Waals surface area contributed by atoms with Crippen LogP contribution in [0.25, 0.3) is 0 Å². The van der Waals surface area contributed by atoms with Crippen molar-refractivity contribution in [2.24, 2.45) is 0 Å². The standard InChI is InChI=1S/C10H14N4S2/c1-4-9-13-10(16-14-9)11-5-8-6(2)15-7(3)12-8/h4-5H2,1-3H3,(H,11,13,14). The molecule has 0 aliphatic carbocycles. The van der Waals surface area contributed by atoms with Gasteiger partial charge in [0.05, 0.1) is 17.2 Å². The van der Waals surface area contributed by atoms with Gasteiger partial charge in [0.15, 0.2) is 0 Å². The Morgan fingerprint density at radius 3 is 2.62 bits per heavy atom. The molecule has 2 aromatic rings. The number of hydrogen-bond donors (Lipinski definition) is 1. The highest BCUT2D eigenvalue weighted by Gasteiger charge is 2.06. The zero-order chi connectivity index (χ0) is 11.5. The molecule has 16 heavy (non-hydrogen) atoms. The number of thiazole rings is 1. The molecule has 0 saturated heterocycles. The van der Waals surface area contributed by atoms with Gasteiger partial charge in [0, 0.05) is 22.8 Å². The van der Waals surface area contributed by atoms with Crippen molar-refractivity contribution >= 4 is 28.0 Å². The van der Waals surface area contributed by atoms with E-state index in [1.807, 2.05) is 6.92 Å². The molecular weight excluding hydrogens is 240 g/mol. The highest BCUT2D eigenvalue weighted by molar-refractivity contribution is 7.11. The molecule has 4 nitrogen and oxygen atoms in total. The second-order valence-electron chi connectivity index (χ2n) is 3.46. The Labute approximate surface area is 103 Å². The second kappa shape index (κ2) is 4.88. The Hall–Kier alpha value is -1.01. The molecule has 0 aliphatic rings. The highest BCUT2D eigenvalue weighted by atomic mass is 32.1. The lowest BCUT2D eigenvalue weighted by molar-refractivity contribution is 0.983. The molecule has 1 N–H and O–H groups in total. The van der Waals surface area contributed by atoms with Gasteiger partial charge in [-0.15, -0.1) is 11.3 Å². The SMILES string of the molecule is CCc1nsc(NCc2nc(C)sc2C)n1. The van der Waals surface area contributed by atoms with E-state index in [9.17, 15) is 0 Å². The zero-order valence-electron chi connectivity index (χ0n) is 9.57. The van der Waals surface area contributed by atoms with E-state index in [0.29, 0.717) is 0 Å². The summed E-state index contributed by atoms with van der Waals surface area (Å²) in [5, 5.41) is 5.25. The van der Waals surface area contributed by atoms with Crippen LogP contribution in [0.3, 0.4) is 0 Å². The minimum Gasteiger partial charge on any atom is -0.355 e. The number of hydrogen-bond acceptors (Lipinski definition) is 6. The third-order valence-corrected chi connectivity index (χ3v) is 3.83. The van der Waals surface area contributed by atoms with Crippen LogP contribution in [0.4, 0.5) is 5.13 Å². The number of nitrogens with zero attached hydrogens (tertiary/aromatic N) is 3. The fraction of sp³-hybridized carbons (Fsp3) is 0.500. The minimum atomic E-state index is 0.731. The van der Waals surface area contributed by atoms with Crippen LogP contribution in [0.2, 0.25) is 0 Å². The van der Waals surface area contributed by atoms with E-state index in [4.69, 9.17) is 0 Å². The number of aryl methyl sites for hydroxylation is 3. The topological polar surface area (TPSA) is 50.7 Å². The summed E-state index contributed by atoms with van der Waals surface area (Å²) in [5.41, 5.74) is 1.11. The Balaban J connectivity index is 1.99. The van der Waals surface area contributed by atoms with E-state index in [0.717, 1.165) is 34.6 Å². The number of nitrogens with one attached hydrogen (secondary N) is 1. The fourth-order valence-electron chi connectivity index (χ4n) is 1.36. The average Bonchev–Trinajstić information content (AvgIpc) is 2.82. The van der Waals surface area contributed by atoms with Crippen LogP contribution in [-0.4, -0.2) is 14.3 Å². The number of aromatic nitrogens is 3. The molecule has 2 heterocycles. The summed E-state index contributed by atoms with van der Waals surface area (Å²) in [6.45, 7) is 6.91. The van der Waals surface area contributed by atoms with Crippen LogP contribution < -0.4 is 5.32 Å². The van der Waals surface area contributed by atoms with Gasteiger partial charge in [0.1, 0.15) is 5.82 Å². The summed E-state index contributed by atoms with van der Waals surface area (Å²) < 4.78 is 4.22. The van der Waals surface area contributed by atoms with E-state index >= 15 is 0 Å². The Morgan fingerprint density at radius 1 is 1.25 bits per heavy atom. The normalized spacial score (nSPS) is 10.7. The molecule has 0 saturated carbocycles. The minimum absolute atomic E-state index is 0.731. The summed E-state index contributed by atoms with van der Waals surface area (Å²) in [6, 6.07) is 0. The largest absolute Gasteiger partial charge is 0.355 e. The van der Waals surface area contributed by atoms with Gasteiger partial charge in [-0.2, -0.15) is 4.37 Å². The third-order valence-electron chi connectivity index (χ3n) is 2.19.